The van der Waals surface area contributed by atoms with E-state index in [1.807, 2.05) is 0 Å². The lowest BCUT2D eigenvalue weighted by atomic mass is 10.0. The first-order valence-electron chi connectivity index (χ1n) is 7.99. The van der Waals surface area contributed by atoms with Crippen molar-refractivity contribution in [1.29, 1.82) is 0 Å². The van der Waals surface area contributed by atoms with E-state index in [0.29, 0.717) is 12.1 Å². The van der Waals surface area contributed by atoms with Crippen LogP contribution in [0.4, 0.5) is 0 Å². The SMILES string of the molecule is CCOc1ccccc1C(C)N1CCC2CCC(C1)N2. The van der Waals surface area contributed by atoms with Gasteiger partial charge in [-0.25, -0.2) is 0 Å². The maximum absolute atomic E-state index is 5.80. The molecule has 2 bridgehead atoms. The highest BCUT2D eigenvalue weighted by Gasteiger charge is 2.31. The van der Waals surface area contributed by atoms with E-state index in [2.05, 4.69) is 48.3 Å². The Hall–Kier alpha value is -1.06. The summed E-state index contributed by atoms with van der Waals surface area (Å²) in [6.45, 7) is 7.46. The van der Waals surface area contributed by atoms with Crippen molar-refractivity contribution in [3.63, 3.8) is 0 Å². The molecule has 2 heterocycles. The molecule has 110 valence electrons. The van der Waals surface area contributed by atoms with Crippen LogP contribution in [-0.4, -0.2) is 36.7 Å². The molecule has 0 aliphatic carbocycles. The summed E-state index contributed by atoms with van der Waals surface area (Å²) in [6, 6.07) is 10.4. The lowest BCUT2D eigenvalue weighted by Crippen LogP contribution is -2.36. The maximum Gasteiger partial charge on any atom is 0.124 e. The first-order valence-corrected chi connectivity index (χ1v) is 7.99. The Morgan fingerprint density at radius 2 is 2.05 bits per heavy atom. The topological polar surface area (TPSA) is 24.5 Å². The number of likely N-dealkylation sites (tertiary alicyclic amines) is 1. The quantitative estimate of drug-likeness (QED) is 0.913. The molecule has 1 aromatic carbocycles. The molecule has 1 N–H and O–H groups in total. The van der Waals surface area contributed by atoms with E-state index in [1.165, 1.54) is 31.4 Å². The van der Waals surface area contributed by atoms with E-state index < -0.39 is 0 Å². The van der Waals surface area contributed by atoms with Gasteiger partial charge in [0.1, 0.15) is 5.75 Å². The number of para-hydroxylation sites is 1. The summed E-state index contributed by atoms with van der Waals surface area (Å²) in [5, 5.41) is 3.76. The van der Waals surface area contributed by atoms with Gasteiger partial charge in [-0.15, -0.1) is 0 Å². The van der Waals surface area contributed by atoms with Crippen LogP contribution >= 0.6 is 0 Å². The molecule has 0 aromatic heterocycles. The van der Waals surface area contributed by atoms with Gasteiger partial charge in [0.2, 0.25) is 0 Å². The molecule has 0 saturated carbocycles. The van der Waals surface area contributed by atoms with Crippen molar-refractivity contribution in [3.05, 3.63) is 29.8 Å². The van der Waals surface area contributed by atoms with Gasteiger partial charge in [0.25, 0.3) is 0 Å². The van der Waals surface area contributed by atoms with Crippen molar-refractivity contribution in [1.82, 2.24) is 10.2 Å². The number of nitrogens with one attached hydrogen (secondary N) is 1. The summed E-state index contributed by atoms with van der Waals surface area (Å²) in [5.41, 5.74) is 1.33. The van der Waals surface area contributed by atoms with Gasteiger partial charge in [0.15, 0.2) is 0 Å². The molecule has 20 heavy (non-hydrogen) atoms. The lowest BCUT2D eigenvalue weighted by Gasteiger charge is -2.31. The smallest absolute Gasteiger partial charge is 0.124 e. The molecule has 2 saturated heterocycles. The van der Waals surface area contributed by atoms with Crippen LogP contribution in [0.15, 0.2) is 24.3 Å². The Bertz CT molecular complexity index is 448. The predicted octanol–water partition coefficient (Wildman–Crippen LogP) is 2.97. The van der Waals surface area contributed by atoms with Crippen LogP contribution < -0.4 is 10.1 Å². The minimum absolute atomic E-state index is 0.430. The zero-order chi connectivity index (χ0) is 13.9. The summed E-state index contributed by atoms with van der Waals surface area (Å²) in [6.07, 6.45) is 3.97. The summed E-state index contributed by atoms with van der Waals surface area (Å²) >= 11 is 0. The van der Waals surface area contributed by atoms with Gasteiger partial charge in [0, 0.05) is 36.8 Å². The number of hydrogen-bond donors (Lipinski definition) is 1. The van der Waals surface area contributed by atoms with E-state index in [-0.39, 0.29) is 0 Å². The van der Waals surface area contributed by atoms with Crippen LogP contribution in [0.5, 0.6) is 5.75 Å². The number of rotatable bonds is 4. The second-order valence-corrected chi connectivity index (χ2v) is 6.07. The van der Waals surface area contributed by atoms with Crippen LogP contribution in [0, 0.1) is 0 Å². The summed E-state index contributed by atoms with van der Waals surface area (Å²) in [4.78, 5) is 2.62. The molecule has 0 amide bonds. The molecule has 3 atom stereocenters. The third kappa shape index (κ3) is 2.84. The van der Waals surface area contributed by atoms with Gasteiger partial charge >= 0.3 is 0 Å². The minimum atomic E-state index is 0.430. The molecular formula is C17H26N2O. The fraction of sp³-hybridized carbons (Fsp3) is 0.647. The Labute approximate surface area is 122 Å². The standard InChI is InChI=1S/C17H26N2O/c1-3-20-17-7-5-4-6-16(17)13(2)19-11-10-14-8-9-15(12-19)18-14/h4-7,13-15,18H,3,8-12H2,1-2H3. The molecule has 3 heteroatoms. The van der Waals surface area contributed by atoms with Gasteiger partial charge in [-0.3, -0.25) is 4.90 Å². The summed E-state index contributed by atoms with van der Waals surface area (Å²) < 4.78 is 5.80. The lowest BCUT2D eigenvalue weighted by molar-refractivity contribution is 0.195. The zero-order valence-electron chi connectivity index (χ0n) is 12.6. The second-order valence-electron chi connectivity index (χ2n) is 6.07. The number of nitrogens with zero attached hydrogens (tertiary/aromatic N) is 1. The second kappa shape index (κ2) is 6.15. The van der Waals surface area contributed by atoms with Crippen LogP contribution in [0.1, 0.15) is 44.7 Å². The predicted molar refractivity (Wildman–Crippen MR) is 82.2 cm³/mol. The number of benzene rings is 1. The average molecular weight is 274 g/mol. The number of hydrogen-bond acceptors (Lipinski definition) is 3. The first kappa shape index (κ1) is 13.9. The molecular weight excluding hydrogens is 248 g/mol. The highest BCUT2D eigenvalue weighted by Crippen LogP contribution is 2.32. The Morgan fingerprint density at radius 3 is 2.90 bits per heavy atom. The van der Waals surface area contributed by atoms with Gasteiger partial charge < -0.3 is 10.1 Å². The molecule has 0 spiro atoms. The normalized spacial score (nSPS) is 28.1. The van der Waals surface area contributed by atoms with Crippen LogP contribution in [-0.2, 0) is 0 Å². The summed E-state index contributed by atoms with van der Waals surface area (Å²) in [5.74, 6) is 1.05. The van der Waals surface area contributed by atoms with Crippen LogP contribution in [0.3, 0.4) is 0 Å². The molecule has 3 rings (SSSR count). The van der Waals surface area contributed by atoms with Gasteiger partial charge in [-0.2, -0.15) is 0 Å². The Morgan fingerprint density at radius 1 is 1.25 bits per heavy atom. The highest BCUT2D eigenvalue weighted by atomic mass is 16.5. The summed E-state index contributed by atoms with van der Waals surface area (Å²) in [7, 11) is 0. The minimum Gasteiger partial charge on any atom is -0.494 e. The van der Waals surface area contributed by atoms with E-state index in [0.717, 1.165) is 24.9 Å². The van der Waals surface area contributed by atoms with E-state index >= 15 is 0 Å². The first-order chi connectivity index (χ1) is 9.78. The van der Waals surface area contributed by atoms with Crippen molar-refractivity contribution >= 4 is 0 Å². The molecule has 2 aliphatic heterocycles. The number of fused-ring (bicyclic) bond motifs is 2. The third-order valence-electron chi connectivity index (χ3n) is 4.77. The molecule has 2 fully saturated rings. The van der Waals surface area contributed by atoms with Gasteiger partial charge in [0.05, 0.1) is 6.61 Å². The highest BCUT2D eigenvalue weighted by molar-refractivity contribution is 5.35. The Balaban J connectivity index is 1.76. The largest absolute Gasteiger partial charge is 0.494 e. The fourth-order valence-electron chi connectivity index (χ4n) is 3.63. The van der Waals surface area contributed by atoms with Gasteiger partial charge in [-0.1, -0.05) is 18.2 Å². The van der Waals surface area contributed by atoms with Gasteiger partial charge in [-0.05, 0) is 39.2 Å². The average Bonchev–Trinajstić information content (AvgIpc) is 2.79. The third-order valence-corrected chi connectivity index (χ3v) is 4.77. The molecule has 0 radical (unpaired) electrons. The number of ether oxygens (including phenoxy) is 1. The van der Waals surface area contributed by atoms with Crippen molar-refractivity contribution in [2.45, 2.75) is 51.2 Å². The molecule has 1 aromatic rings. The van der Waals surface area contributed by atoms with E-state index in [1.54, 1.807) is 0 Å². The van der Waals surface area contributed by atoms with Crippen LogP contribution in [0.25, 0.3) is 0 Å². The molecule has 2 aliphatic rings. The van der Waals surface area contributed by atoms with E-state index in [4.69, 9.17) is 4.74 Å². The van der Waals surface area contributed by atoms with Crippen molar-refractivity contribution < 1.29 is 4.74 Å². The monoisotopic (exact) mass is 274 g/mol. The fourth-order valence-corrected chi connectivity index (χ4v) is 3.63. The van der Waals surface area contributed by atoms with E-state index in [9.17, 15) is 0 Å². The van der Waals surface area contributed by atoms with Crippen molar-refractivity contribution in [2.75, 3.05) is 19.7 Å². The van der Waals surface area contributed by atoms with Crippen molar-refractivity contribution in [3.8, 4) is 5.75 Å². The zero-order valence-corrected chi connectivity index (χ0v) is 12.6. The Kier molecular flexibility index (Phi) is 4.27. The molecule has 3 unspecified atom stereocenters. The maximum atomic E-state index is 5.80. The molecule has 3 nitrogen and oxygen atoms in total. The van der Waals surface area contributed by atoms with Crippen LogP contribution in [0.2, 0.25) is 0 Å². The van der Waals surface area contributed by atoms with Crippen molar-refractivity contribution in [2.24, 2.45) is 0 Å².